The molecule has 0 saturated heterocycles. The Labute approximate surface area is 102 Å². The van der Waals surface area contributed by atoms with E-state index < -0.39 is 0 Å². The van der Waals surface area contributed by atoms with Gasteiger partial charge in [-0.3, -0.25) is 19.6 Å². The molecule has 0 atom stereocenters. The van der Waals surface area contributed by atoms with Crippen molar-refractivity contribution in [1.29, 1.82) is 0 Å². The molecule has 0 aliphatic carbocycles. The Kier molecular flexibility index (Phi) is 7.15. The predicted octanol–water partition coefficient (Wildman–Crippen LogP) is 0.665. The molecule has 0 aliphatic heterocycles. The van der Waals surface area contributed by atoms with Crippen LogP contribution in [0.15, 0.2) is 0 Å². The summed E-state index contributed by atoms with van der Waals surface area (Å²) < 4.78 is 0. The molecule has 4 nitrogen and oxygen atoms in total. The fraction of sp³-hybridized carbons (Fsp3) is 1.00. The summed E-state index contributed by atoms with van der Waals surface area (Å²) in [6, 6.07) is 0. The van der Waals surface area contributed by atoms with Crippen LogP contribution in [0.2, 0.25) is 0 Å². The van der Waals surface area contributed by atoms with Gasteiger partial charge in [0.25, 0.3) is 0 Å². The van der Waals surface area contributed by atoms with E-state index in [2.05, 4.69) is 76.0 Å². The van der Waals surface area contributed by atoms with Crippen molar-refractivity contribution in [2.45, 2.75) is 25.2 Å². The van der Waals surface area contributed by atoms with Gasteiger partial charge in [0.15, 0.2) is 0 Å². The highest BCUT2D eigenvalue weighted by Crippen LogP contribution is 2.12. The highest BCUT2D eigenvalue weighted by molar-refractivity contribution is 4.69. The van der Waals surface area contributed by atoms with Gasteiger partial charge in [0.2, 0.25) is 0 Å². The lowest BCUT2D eigenvalue weighted by atomic mass is 10.1. The van der Waals surface area contributed by atoms with Crippen LogP contribution in [0.4, 0.5) is 0 Å². The zero-order valence-corrected chi connectivity index (χ0v) is 12.4. The molecular formula is C12H30N4. The van der Waals surface area contributed by atoms with Crippen LogP contribution in [0.5, 0.6) is 0 Å². The van der Waals surface area contributed by atoms with Crippen molar-refractivity contribution in [1.82, 2.24) is 19.6 Å². The Morgan fingerprint density at radius 1 is 0.500 bits per heavy atom. The minimum atomic E-state index is 0.516. The van der Waals surface area contributed by atoms with E-state index in [-0.39, 0.29) is 0 Å². The van der Waals surface area contributed by atoms with Crippen LogP contribution in [-0.2, 0) is 0 Å². The van der Waals surface area contributed by atoms with Crippen molar-refractivity contribution < 1.29 is 0 Å². The smallest absolute Gasteiger partial charge is 0.0613 e. The van der Waals surface area contributed by atoms with Crippen LogP contribution >= 0.6 is 0 Å². The molecule has 0 fully saturated rings. The van der Waals surface area contributed by atoms with Crippen molar-refractivity contribution in [3.8, 4) is 0 Å². The molecule has 0 saturated carbocycles. The molecule has 0 radical (unpaired) electrons. The maximum Gasteiger partial charge on any atom is 0.0613 e. The summed E-state index contributed by atoms with van der Waals surface area (Å²) in [6.07, 6.45) is 3.40. The maximum absolute atomic E-state index is 2.28. The number of rotatable bonds is 7. The Hall–Kier alpha value is -0.160. The summed E-state index contributed by atoms with van der Waals surface area (Å²) in [7, 11) is 17.2. The highest BCUT2D eigenvalue weighted by Gasteiger charge is 2.19. The molecule has 0 N–H and O–H groups in total. The second kappa shape index (κ2) is 7.22. The fourth-order valence-corrected chi connectivity index (χ4v) is 2.25. The number of hydrogen-bond acceptors (Lipinski definition) is 4. The topological polar surface area (TPSA) is 13.0 Å². The third kappa shape index (κ3) is 5.25. The first kappa shape index (κ1) is 15.8. The van der Waals surface area contributed by atoms with Crippen molar-refractivity contribution in [3.05, 3.63) is 0 Å². The van der Waals surface area contributed by atoms with Crippen LogP contribution < -0.4 is 0 Å². The summed E-state index contributed by atoms with van der Waals surface area (Å²) in [5.41, 5.74) is 0. The molecule has 0 rings (SSSR count). The summed E-state index contributed by atoms with van der Waals surface area (Å²) in [6.45, 7) is 0. The largest absolute Gasteiger partial charge is 0.294 e. The van der Waals surface area contributed by atoms with Gasteiger partial charge in [-0.05, 0) is 69.2 Å². The second-order valence-electron chi connectivity index (χ2n) is 5.39. The van der Waals surface area contributed by atoms with Gasteiger partial charge in [0, 0.05) is 0 Å². The Morgan fingerprint density at radius 2 is 0.688 bits per heavy atom. The maximum atomic E-state index is 2.28. The Balaban J connectivity index is 4.27. The summed E-state index contributed by atoms with van der Waals surface area (Å²) in [5, 5.41) is 0. The molecule has 0 spiro atoms. The molecule has 0 heterocycles. The van der Waals surface area contributed by atoms with Crippen LogP contribution in [0, 0.1) is 0 Å². The van der Waals surface area contributed by atoms with Gasteiger partial charge in [0.05, 0.1) is 12.3 Å². The van der Waals surface area contributed by atoms with Crippen molar-refractivity contribution in [2.75, 3.05) is 56.4 Å². The fourth-order valence-electron chi connectivity index (χ4n) is 2.25. The van der Waals surface area contributed by atoms with Gasteiger partial charge in [-0.1, -0.05) is 0 Å². The zero-order chi connectivity index (χ0) is 12.9. The van der Waals surface area contributed by atoms with Gasteiger partial charge in [-0.2, -0.15) is 0 Å². The van der Waals surface area contributed by atoms with E-state index in [0.29, 0.717) is 12.3 Å². The van der Waals surface area contributed by atoms with Crippen LogP contribution in [0.3, 0.4) is 0 Å². The number of hydrogen-bond donors (Lipinski definition) is 0. The molecule has 4 heteroatoms. The lowest BCUT2D eigenvalue weighted by molar-refractivity contribution is 0.0735. The van der Waals surface area contributed by atoms with Crippen LogP contribution in [0.25, 0.3) is 0 Å². The molecule has 0 aromatic carbocycles. The molecule has 0 aromatic rings. The van der Waals surface area contributed by atoms with Crippen LogP contribution in [0.1, 0.15) is 12.8 Å². The first-order valence-corrected chi connectivity index (χ1v) is 5.93. The summed E-state index contributed by atoms with van der Waals surface area (Å²) in [4.78, 5) is 9.12. The molecule has 0 aliphatic rings. The first-order chi connectivity index (χ1) is 7.27. The van der Waals surface area contributed by atoms with Gasteiger partial charge in [-0.15, -0.1) is 0 Å². The summed E-state index contributed by atoms with van der Waals surface area (Å²) >= 11 is 0. The quantitative estimate of drug-likeness (QED) is 0.596. The second-order valence-corrected chi connectivity index (χ2v) is 5.39. The first-order valence-electron chi connectivity index (χ1n) is 5.93. The van der Waals surface area contributed by atoms with Gasteiger partial charge < -0.3 is 0 Å². The summed E-state index contributed by atoms with van der Waals surface area (Å²) in [5.74, 6) is 0. The Morgan fingerprint density at radius 3 is 0.812 bits per heavy atom. The van der Waals surface area contributed by atoms with Gasteiger partial charge in [-0.25, -0.2) is 0 Å². The van der Waals surface area contributed by atoms with Crippen LogP contribution in [-0.4, -0.2) is 88.3 Å². The van der Waals surface area contributed by atoms with Crippen molar-refractivity contribution in [3.63, 3.8) is 0 Å². The average Bonchev–Trinajstić information content (AvgIpc) is 2.09. The van der Waals surface area contributed by atoms with E-state index in [1.807, 2.05) is 0 Å². The normalized spacial score (nSPS) is 13.1. The molecule has 16 heavy (non-hydrogen) atoms. The van der Waals surface area contributed by atoms with Crippen molar-refractivity contribution in [2.24, 2.45) is 0 Å². The van der Waals surface area contributed by atoms with Gasteiger partial charge in [0.1, 0.15) is 0 Å². The third-order valence-electron chi connectivity index (χ3n) is 3.07. The lowest BCUT2D eigenvalue weighted by Crippen LogP contribution is -2.45. The Bertz CT molecular complexity index is 142. The van der Waals surface area contributed by atoms with E-state index >= 15 is 0 Å². The van der Waals surface area contributed by atoms with E-state index in [1.54, 1.807) is 0 Å². The molecule has 0 bridgehead atoms. The molecule has 0 aromatic heterocycles. The highest BCUT2D eigenvalue weighted by atomic mass is 15.3. The predicted molar refractivity (Wildman–Crippen MR) is 71.6 cm³/mol. The average molecular weight is 230 g/mol. The molecule has 0 amide bonds. The lowest BCUT2D eigenvalue weighted by Gasteiger charge is -2.35. The van der Waals surface area contributed by atoms with E-state index in [9.17, 15) is 0 Å². The minimum Gasteiger partial charge on any atom is -0.294 e. The van der Waals surface area contributed by atoms with E-state index in [4.69, 9.17) is 0 Å². The van der Waals surface area contributed by atoms with Crippen molar-refractivity contribution >= 4 is 0 Å². The molecule has 0 unspecified atom stereocenters. The molecule has 98 valence electrons. The van der Waals surface area contributed by atoms with Gasteiger partial charge >= 0.3 is 0 Å². The van der Waals surface area contributed by atoms with E-state index in [0.717, 1.165) is 0 Å². The SMILES string of the molecule is CN(C)C(CCC(N(C)C)N(C)C)N(C)C. The standard InChI is InChI=1S/C12H30N4/c1-13(2)11(14(3)4)9-10-12(15(5)6)16(7)8/h11-12H,9-10H2,1-8H3. The third-order valence-corrected chi connectivity index (χ3v) is 3.07. The van der Waals surface area contributed by atoms with E-state index in [1.165, 1.54) is 12.8 Å². The molecular weight excluding hydrogens is 200 g/mol. The number of nitrogens with zero attached hydrogens (tertiary/aromatic N) is 4. The zero-order valence-electron chi connectivity index (χ0n) is 12.4. The monoisotopic (exact) mass is 230 g/mol. The minimum absolute atomic E-state index is 0.516.